The minimum absolute atomic E-state index is 0.0597. The van der Waals surface area contributed by atoms with Gasteiger partial charge < -0.3 is 5.32 Å². The third-order valence-corrected chi connectivity index (χ3v) is 3.07. The first-order valence-electron chi connectivity index (χ1n) is 7.16. The van der Waals surface area contributed by atoms with Crippen LogP contribution in [0.4, 0.5) is 4.39 Å². The van der Waals surface area contributed by atoms with Gasteiger partial charge in [0.15, 0.2) is 0 Å². The first kappa shape index (κ1) is 15.2. The number of hydrogen-bond donors (Lipinski definition) is 1. The molecule has 0 spiro atoms. The summed E-state index contributed by atoms with van der Waals surface area (Å²) in [6.45, 7) is 5.86. The highest BCUT2D eigenvalue weighted by Crippen LogP contribution is 2.18. The Morgan fingerprint density at radius 3 is 2.81 bits per heavy atom. The van der Waals surface area contributed by atoms with Crippen molar-refractivity contribution >= 4 is 5.91 Å². The normalized spacial score (nSPS) is 10.9. The number of halogens is 1. The molecular formula is C16H20FN3O. The molecule has 0 aliphatic rings. The van der Waals surface area contributed by atoms with Crippen molar-refractivity contribution in [1.82, 2.24) is 15.1 Å². The number of hydrogen-bond acceptors (Lipinski definition) is 2. The topological polar surface area (TPSA) is 46.9 Å². The quantitative estimate of drug-likeness (QED) is 0.919. The Labute approximate surface area is 124 Å². The number of rotatable bonds is 5. The van der Waals surface area contributed by atoms with Gasteiger partial charge >= 0.3 is 0 Å². The van der Waals surface area contributed by atoms with Crippen LogP contribution in [0, 0.1) is 5.82 Å². The average molecular weight is 289 g/mol. The van der Waals surface area contributed by atoms with Gasteiger partial charge in [-0.3, -0.25) is 4.79 Å². The summed E-state index contributed by atoms with van der Waals surface area (Å²) in [6.07, 6.45) is 3.13. The van der Waals surface area contributed by atoms with E-state index in [9.17, 15) is 9.18 Å². The molecule has 0 unspecified atom stereocenters. The van der Waals surface area contributed by atoms with Gasteiger partial charge in [-0.25, -0.2) is 9.07 Å². The molecule has 112 valence electrons. The molecule has 4 nitrogen and oxygen atoms in total. The van der Waals surface area contributed by atoms with Crippen molar-refractivity contribution in [2.45, 2.75) is 39.7 Å². The summed E-state index contributed by atoms with van der Waals surface area (Å²) in [5.41, 5.74) is 1.98. The molecular weight excluding hydrogens is 269 g/mol. The van der Waals surface area contributed by atoms with Gasteiger partial charge in [0.2, 0.25) is 0 Å². The van der Waals surface area contributed by atoms with Crippen LogP contribution in [0.25, 0.3) is 5.69 Å². The van der Waals surface area contributed by atoms with Crippen molar-refractivity contribution in [3.05, 3.63) is 47.5 Å². The SMILES string of the molecule is CCCc1c(C(=O)NC(C)C)cnn1-c1cccc(F)c1. The van der Waals surface area contributed by atoms with Crippen LogP contribution in [0.3, 0.4) is 0 Å². The van der Waals surface area contributed by atoms with Gasteiger partial charge in [-0.1, -0.05) is 19.4 Å². The van der Waals surface area contributed by atoms with Crippen LogP contribution in [-0.4, -0.2) is 21.7 Å². The second kappa shape index (κ2) is 6.52. The lowest BCUT2D eigenvalue weighted by Crippen LogP contribution is -2.30. The fourth-order valence-corrected chi connectivity index (χ4v) is 2.21. The number of nitrogens with one attached hydrogen (secondary N) is 1. The Morgan fingerprint density at radius 2 is 2.19 bits per heavy atom. The third kappa shape index (κ3) is 3.48. The molecule has 0 saturated heterocycles. The van der Waals surface area contributed by atoms with Crippen molar-refractivity contribution in [3.63, 3.8) is 0 Å². The molecule has 2 aromatic rings. The van der Waals surface area contributed by atoms with E-state index in [-0.39, 0.29) is 17.8 Å². The molecule has 0 aliphatic carbocycles. The summed E-state index contributed by atoms with van der Waals surface area (Å²) in [7, 11) is 0. The van der Waals surface area contributed by atoms with Crippen LogP contribution in [0.1, 0.15) is 43.2 Å². The number of aromatic nitrogens is 2. The molecule has 0 radical (unpaired) electrons. The molecule has 1 N–H and O–H groups in total. The van der Waals surface area contributed by atoms with Gasteiger partial charge in [-0.15, -0.1) is 0 Å². The zero-order chi connectivity index (χ0) is 15.4. The van der Waals surface area contributed by atoms with Gasteiger partial charge in [-0.2, -0.15) is 5.10 Å². The van der Waals surface area contributed by atoms with E-state index in [4.69, 9.17) is 0 Å². The van der Waals surface area contributed by atoms with E-state index in [2.05, 4.69) is 10.4 Å². The zero-order valence-corrected chi connectivity index (χ0v) is 12.6. The lowest BCUT2D eigenvalue weighted by Gasteiger charge is -2.11. The Morgan fingerprint density at radius 1 is 1.43 bits per heavy atom. The molecule has 1 aromatic carbocycles. The smallest absolute Gasteiger partial charge is 0.254 e. The molecule has 0 bridgehead atoms. The standard InChI is InChI=1S/C16H20FN3O/c1-4-6-15-14(16(21)19-11(2)3)10-18-20(15)13-8-5-7-12(17)9-13/h5,7-11H,4,6H2,1-3H3,(H,19,21). The lowest BCUT2D eigenvalue weighted by molar-refractivity contribution is 0.0942. The summed E-state index contributed by atoms with van der Waals surface area (Å²) in [4.78, 5) is 12.2. The van der Waals surface area contributed by atoms with Crippen molar-refractivity contribution in [1.29, 1.82) is 0 Å². The van der Waals surface area contributed by atoms with E-state index in [0.717, 1.165) is 12.1 Å². The van der Waals surface area contributed by atoms with Crippen LogP contribution in [0.15, 0.2) is 30.5 Å². The minimum Gasteiger partial charge on any atom is -0.350 e. The van der Waals surface area contributed by atoms with Gasteiger partial charge in [0.25, 0.3) is 5.91 Å². The van der Waals surface area contributed by atoms with Crippen LogP contribution in [-0.2, 0) is 6.42 Å². The fraction of sp³-hybridized carbons (Fsp3) is 0.375. The van der Waals surface area contributed by atoms with E-state index in [1.165, 1.54) is 12.1 Å². The molecule has 0 aliphatic heterocycles. The average Bonchev–Trinajstić information content (AvgIpc) is 2.82. The zero-order valence-electron chi connectivity index (χ0n) is 12.6. The fourth-order valence-electron chi connectivity index (χ4n) is 2.21. The molecule has 2 rings (SSSR count). The van der Waals surface area contributed by atoms with Gasteiger partial charge in [0.05, 0.1) is 23.1 Å². The Hall–Kier alpha value is -2.17. The maximum absolute atomic E-state index is 13.4. The summed E-state index contributed by atoms with van der Waals surface area (Å²) < 4.78 is 15.0. The highest BCUT2D eigenvalue weighted by molar-refractivity contribution is 5.95. The van der Waals surface area contributed by atoms with E-state index in [0.29, 0.717) is 17.7 Å². The second-order valence-electron chi connectivity index (χ2n) is 5.27. The van der Waals surface area contributed by atoms with Crippen molar-refractivity contribution in [3.8, 4) is 5.69 Å². The predicted octanol–water partition coefficient (Wildman–Crippen LogP) is 3.10. The first-order chi connectivity index (χ1) is 10.0. The number of benzene rings is 1. The molecule has 0 atom stereocenters. The summed E-state index contributed by atoms with van der Waals surface area (Å²) in [5, 5.41) is 7.13. The molecule has 1 heterocycles. The Bertz CT molecular complexity index is 634. The highest BCUT2D eigenvalue weighted by Gasteiger charge is 2.18. The first-order valence-corrected chi connectivity index (χ1v) is 7.16. The molecule has 21 heavy (non-hydrogen) atoms. The molecule has 5 heteroatoms. The Balaban J connectivity index is 2.43. The number of carbonyl (C=O) groups excluding carboxylic acids is 1. The van der Waals surface area contributed by atoms with Crippen molar-refractivity contribution in [2.75, 3.05) is 0 Å². The highest BCUT2D eigenvalue weighted by atomic mass is 19.1. The maximum atomic E-state index is 13.4. The molecule has 1 amide bonds. The Kier molecular flexibility index (Phi) is 4.73. The minimum atomic E-state index is -0.321. The molecule has 1 aromatic heterocycles. The van der Waals surface area contributed by atoms with Gasteiger partial charge in [0, 0.05) is 6.04 Å². The van der Waals surface area contributed by atoms with E-state index in [1.807, 2.05) is 20.8 Å². The van der Waals surface area contributed by atoms with Crippen LogP contribution in [0.2, 0.25) is 0 Å². The summed E-state index contributed by atoms with van der Waals surface area (Å²) in [6, 6.07) is 6.27. The van der Waals surface area contributed by atoms with Crippen molar-refractivity contribution < 1.29 is 9.18 Å². The lowest BCUT2D eigenvalue weighted by atomic mass is 10.1. The van der Waals surface area contributed by atoms with Crippen LogP contribution >= 0.6 is 0 Å². The second-order valence-corrected chi connectivity index (χ2v) is 5.27. The largest absolute Gasteiger partial charge is 0.350 e. The van der Waals surface area contributed by atoms with Crippen molar-refractivity contribution in [2.24, 2.45) is 0 Å². The van der Waals surface area contributed by atoms with E-state index < -0.39 is 0 Å². The predicted molar refractivity (Wildman–Crippen MR) is 80.1 cm³/mol. The van der Waals surface area contributed by atoms with Crippen LogP contribution < -0.4 is 5.32 Å². The summed E-state index contributed by atoms with van der Waals surface area (Å²) >= 11 is 0. The third-order valence-electron chi connectivity index (χ3n) is 3.07. The number of nitrogens with zero attached hydrogens (tertiary/aromatic N) is 2. The monoisotopic (exact) mass is 289 g/mol. The van der Waals surface area contributed by atoms with E-state index >= 15 is 0 Å². The van der Waals surface area contributed by atoms with E-state index in [1.54, 1.807) is 23.0 Å². The number of amides is 1. The molecule has 0 fully saturated rings. The van der Waals surface area contributed by atoms with Crippen LogP contribution in [0.5, 0.6) is 0 Å². The molecule has 0 saturated carbocycles. The summed E-state index contributed by atoms with van der Waals surface area (Å²) in [5.74, 6) is -0.463. The van der Waals surface area contributed by atoms with Gasteiger partial charge in [0.1, 0.15) is 5.82 Å². The maximum Gasteiger partial charge on any atom is 0.254 e. The van der Waals surface area contributed by atoms with Gasteiger partial charge in [-0.05, 0) is 38.5 Å². The number of carbonyl (C=O) groups is 1.